The van der Waals surface area contributed by atoms with Crippen molar-refractivity contribution < 1.29 is 8.78 Å². The van der Waals surface area contributed by atoms with E-state index in [1.165, 1.54) is 0 Å². The van der Waals surface area contributed by atoms with Gasteiger partial charge in [0.05, 0.1) is 17.5 Å². The van der Waals surface area contributed by atoms with E-state index in [0.717, 1.165) is 24.7 Å². The minimum atomic E-state index is -0.900. The fraction of sp³-hybridized carbons (Fsp3) is 0. The first-order chi connectivity index (χ1) is 7.59. The van der Waals surface area contributed by atoms with E-state index in [1.54, 1.807) is 0 Å². The zero-order valence-electron chi connectivity index (χ0n) is 7.80. The Morgan fingerprint density at radius 3 is 2.44 bits per heavy atom. The molecule has 16 heavy (non-hydrogen) atoms. The van der Waals surface area contributed by atoms with Gasteiger partial charge in [-0.05, 0) is 12.1 Å². The molecule has 0 atom stereocenters. The van der Waals surface area contributed by atoms with E-state index < -0.39 is 22.8 Å². The zero-order chi connectivity index (χ0) is 11.7. The van der Waals surface area contributed by atoms with Crippen LogP contribution >= 0.6 is 11.6 Å². The number of hydrogen-bond acceptors (Lipinski definition) is 2. The predicted molar refractivity (Wildman–Crippen MR) is 55.2 cm³/mol. The van der Waals surface area contributed by atoms with E-state index in [0.29, 0.717) is 0 Å². The monoisotopic (exact) mass is 242 g/mol. The van der Waals surface area contributed by atoms with Crippen LogP contribution in [0.2, 0.25) is 5.02 Å². The summed E-state index contributed by atoms with van der Waals surface area (Å²) in [6.45, 7) is 0. The summed E-state index contributed by atoms with van der Waals surface area (Å²) in [4.78, 5) is 17.2. The molecule has 0 saturated heterocycles. The lowest BCUT2D eigenvalue weighted by atomic mass is 10.1. The summed E-state index contributed by atoms with van der Waals surface area (Å²) < 4.78 is 26.9. The summed E-state index contributed by atoms with van der Waals surface area (Å²) in [7, 11) is 0. The third-order valence-corrected chi connectivity index (χ3v) is 2.21. The Labute approximate surface area is 93.7 Å². The van der Waals surface area contributed by atoms with Gasteiger partial charge < -0.3 is 4.98 Å². The molecule has 0 aliphatic heterocycles. The molecule has 1 aromatic heterocycles. The Morgan fingerprint density at radius 2 is 1.88 bits per heavy atom. The van der Waals surface area contributed by atoms with Gasteiger partial charge in [-0.1, -0.05) is 11.6 Å². The lowest BCUT2D eigenvalue weighted by molar-refractivity contribution is 0.589. The fourth-order valence-corrected chi connectivity index (χ4v) is 1.51. The van der Waals surface area contributed by atoms with Gasteiger partial charge in [-0.2, -0.15) is 0 Å². The molecule has 0 radical (unpaired) electrons. The summed E-state index contributed by atoms with van der Waals surface area (Å²) in [5.41, 5.74) is -1.22. The highest BCUT2D eigenvalue weighted by Crippen LogP contribution is 2.25. The maximum atomic E-state index is 13.5. The highest BCUT2D eigenvalue weighted by atomic mass is 35.5. The van der Waals surface area contributed by atoms with Crippen LogP contribution in [0.25, 0.3) is 11.1 Å². The van der Waals surface area contributed by atoms with Crippen LogP contribution in [0.1, 0.15) is 0 Å². The second-order valence-corrected chi connectivity index (χ2v) is 3.48. The van der Waals surface area contributed by atoms with Gasteiger partial charge in [0.1, 0.15) is 11.6 Å². The highest BCUT2D eigenvalue weighted by Gasteiger charge is 2.15. The fourth-order valence-electron chi connectivity index (χ4n) is 1.32. The first kappa shape index (κ1) is 10.8. The largest absolute Gasteiger partial charge is 0.313 e. The molecule has 0 saturated carbocycles. The molecule has 0 unspecified atom stereocenters. The third kappa shape index (κ3) is 1.81. The van der Waals surface area contributed by atoms with Crippen LogP contribution in [0.3, 0.4) is 0 Å². The van der Waals surface area contributed by atoms with Gasteiger partial charge in [0.2, 0.25) is 0 Å². The SMILES string of the molecule is O=c1[nH]cncc1-c1c(F)cc(Cl)cc1F. The normalized spacial score (nSPS) is 10.4. The van der Waals surface area contributed by atoms with Crippen molar-refractivity contribution in [3.05, 3.63) is 51.7 Å². The summed E-state index contributed by atoms with van der Waals surface area (Å²) in [5.74, 6) is -1.80. The molecule has 0 bridgehead atoms. The first-order valence-electron chi connectivity index (χ1n) is 4.27. The second-order valence-electron chi connectivity index (χ2n) is 3.04. The second kappa shape index (κ2) is 4.02. The molecule has 0 fully saturated rings. The van der Waals surface area contributed by atoms with Crippen molar-refractivity contribution in [2.24, 2.45) is 0 Å². The van der Waals surface area contributed by atoms with Crippen molar-refractivity contribution in [3.8, 4) is 11.1 Å². The molecule has 0 aliphatic carbocycles. The molecular formula is C10H5ClF2N2O. The zero-order valence-corrected chi connectivity index (χ0v) is 8.55. The molecule has 2 aromatic rings. The van der Waals surface area contributed by atoms with Crippen molar-refractivity contribution in [2.45, 2.75) is 0 Å². The molecule has 0 amide bonds. The molecule has 1 heterocycles. The number of aromatic amines is 1. The van der Waals surface area contributed by atoms with Crippen molar-refractivity contribution >= 4 is 11.6 Å². The van der Waals surface area contributed by atoms with Gasteiger partial charge in [0, 0.05) is 11.2 Å². The molecule has 1 aromatic carbocycles. The van der Waals surface area contributed by atoms with Crippen molar-refractivity contribution in [1.29, 1.82) is 0 Å². The highest BCUT2D eigenvalue weighted by molar-refractivity contribution is 6.30. The van der Waals surface area contributed by atoms with Crippen LogP contribution in [-0.2, 0) is 0 Å². The number of hydrogen-bond donors (Lipinski definition) is 1. The van der Waals surface area contributed by atoms with Crippen LogP contribution in [0.15, 0.2) is 29.5 Å². The Balaban J connectivity index is 2.75. The molecule has 1 N–H and O–H groups in total. The van der Waals surface area contributed by atoms with Gasteiger partial charge in [-0.25, -0.2) is 13.8 Å². The van der Waals surface area contributed by atoms with E-state index >= 15 is 0 Å². The lowest BCUT2D eigenvalue weighted by Crippen LogP contribution is -2.10. The Morgan fingerprint density at radius 1 is 1.25 bits per heavy atom. The van der Waals surface area contributed by atoms with E-state index in [9.17, 15) is 13.6 Å². The summed E-state index contributed by atoms with van der Waals surface area (Å²) in [5, 5.41) is -0.0703. The Kier molecular flexibility index (Phi) is 2.70. The van der Waals surface area contributed by atoms with Crippen molar-refractivity contribution in [2.75, 3.05) is 0 Å². The Hall–Kier alpha value is -1.75. The van der Waals surface area contributed by atoms with Gasteiger partial charge in [0.25, 0.3) is 5.56 Å². The third-order valence-electron chi connectivity index (χ3n) is 1.99. The van der Waals surface area contributed by atoms with E-state index in [1.807, 2.05) is 0 Å². The first-order valence-corrected chi connectivity index (χ1v) is 4.65. The van der Waals surface area contributed by atoms with Crippen LogP contribution < -0.4 is 5.56 Å². The topological polar surface area (TPSA) is 45.8 Å². The van der Waals surface area contributed by atoms with E-state index in [2.05, 4.69) is 9.97 Å². The van der Waals surface area contributed by atoms with Crippen molar-refractivity contribution in [1.82, 2.24) is 9.97 Å². The maximum Gasteiger partial charge on any atom is 0.258 e. The minimum Gasteiger partial charge on any atom is -0.313 e. The summed E-state index contributed by atoms with van der Waals surface area (Å²) in [6.07, 6.45) is 2.23. The predicted octanol–water partition coefficient (Wildman–Crippen LogP) is 2.37. The minimum absolute atomic E-state index is 0.0703. The molecule has 2 rings (SSSR count). The average Bonchev–Trinajstić information content (AvgIpc) is 2.19. The van der Waals surface area contributed by atoms with Crippen molar-refractivity contribution in [3.63, 3.8) is 0 Å². The average molecular weight is 243 g/mol. The molecule has 0 spiro atoms. The van der Waals surface area contributed by atoms with E-state index in [4.69, 9.17) is 11.6 Å². The van der Waals surface area contributed by atoms with Gasteiger partial charge in [0.15, 0.2) is 0 Å². The Bertz CT molecular complexity index is 574. The lowest BCUT2D eigenvalue weighted by Gasteiger charge is -2.03. The molecule has 3 nitrogen and oxygen atoms in total. The number of aromatic nitrogens is 2. The van der Waals surface area contributed by atoms with Gasteiger partial charge in [-0.3, -0.25) is 4.79 Å². The van der Waals surface area contributed by atoms with Crippen LogP contribution in [0.4, 0.5) is 8.78 Å². The number of nitrogens with zero attached hydrogens (tertiary/aromatic N) is 1. The number of benzene rings is 1. The van der Waals surface area contributed by atoms with E-state index in [-0.39, 0.29) is 10.6 Å². The van der Waals surface area contributed by atoms with Gasteiger partial charge >= 0.3 is 0 Å². The number of halogens is 3. The number of nitrogens with one attached hydrogen (secondary N) is 1. The standard InChI is InChI=1S/C10H5ClF2N2O/c11-5-1-7(12)9(8(13)2-5)6-3-14-4-15-10(6)16/h1-4H,(H,14,15,16). The van der Waals surface area contributed by atoms with Crippen LogP contribution in [-0.4, -0.2) is 9.97 Å². The van der Waals surface area contributed by atoms with Gasteiger partial charge in [-0.15, -0.1) is 0 Å². The maximum absolute atomic E-state index is 13.5. The molecule has 82 valence electrons. The summed E-state index contributed by atoms with van der Waals surface area (Å²) in [6, 6.07) is 1.87. The van der Waals surface area contributed by atoms with Crippen LogP contribution in [0, 0.1) is 11.6 Å². The van der Waals surface area contributed by atoms with Crippen LogP contribution in [0.5, 0.6) is 0 Å². The smallest absolute Gasteiger partial charge is 0.258 e. The molecule has 6 heteroatoms. The quantitative estimate of drug-likeness (QED) is 0.834. The number of rotatable bonds is 1. The molecular weight excluding hydrogens is 238 g/mol. The molecule has 0 aliphatic rings. The summed E-state index contributed by atoms with van der Waals surface area (Å²) >= 11 is 5.47. The number of H-pyrrole nitrogens is 1.